The molecule has 1 unspecified atom stereocenters. The third-order valence-corrected chi connectivity index (χ3v) is 3.16. The first kappa shape index (κ1) is 12.6. The van der Waals surface area contributed by atoms with Gasteiger partial charge in [0.2, 0.25) is 0 Å². The van der Waals surface area contributed by atoms with E-state index in [0.29, 0.717) is 5.92 Å². The van der Waals surface area contributed by atoms with Gasteiger partial charge in [-0.2, -0.15) is 0 Å². The maximum Gasteiger partial charge on any atom is 0.0292 e. The Labute approximate surface area is 98.7 Å². The summed E-state index contributed by atoms with van der Waals surface area (Å²) in [5, 5.41) is 0. The van der Waals surface area contributed by atoms with Crippen LogP contribution in [0.15, 0.2) is 24.3 Å². The molecule has 0 saturated heterocycles. The standard InChI is InChI=1S/C14H21Cl/c1-11(2)7-8-14(10-15)13-6-4-5-12(3)9-13/h4-6,9,11,14H,7-8,10H2,1-3H3. The van der Waals surface area contributed by atoms with Crippen LogP contribution in [0.1, 0.15) is 43.7 Å². The summed E-state index contributed by atoms with van der Waals surface area (Å²) in [6.45, 7) is 6.67. The summed E-state index contributed by atoms with van der Waals surface area (Å²) in [5.41, 5.74) is 2.72. The van der Waals surface area contributed by atoms with E-state index < -0.39 is 0 Å². The lowest BCUT2D eigenvalue weighted by molar-refractivity contribution is 0.519. The van der Waals surface area contributed by atoms with E-state index in [-0.39, 0.29) is 0 Å². The molecule has 1 aromatic carbocycles. The molecular weight excluding hydrogens is 204 g/mol. The van der Waals surface area contributed by atoms with Crippen LogP contribution in [-0.2, 0) is 0 Å². The minimum absolute atomic E-state index is 0.522. The Balaban J connectivity index is 2.65. The highest BCUT2D eigenvalue weighted by Crippen LogP contribution is 2.25. The second-order valence-corrected chi connectivity index (χ2v) is 5.05. The van der Waals surface area contributed by atoms with Gasteiger partial charge in [0.1, 0.15) is 0 Å². The van der Waals surface area contributed by atoms with Crippen LogP contribution in [0.25, 0.3) is 0 Å². The van der Waals surface area contributed by atoms with Crippen LogP contribution >= 0.6 is 11.6 Å². The maximum absolute atomic E-state index is 6.04. The average molecular weight is 225 g/mol. The number of alkyl halides is 1. The topological polar surface area (TPSA) is 0 Å². The molecule has 0 bridgehead atoms. The van der Waals surface area contributed by atoms with Crippen molar-refractivity contribution in [2.75, 3.05) is 5.88 Å². The highest BCUT2D eigenvalue weighted by Gasteiger charge is 2.10. The molecule has 0 fully saturated rings. The van der Waals surface area contributed by atoms with Crippen LogP contribution in [0, 0.1) is 12.8 Å². The van der Waals surface area contributed by atoms with Crippen molar-refractivity contribution in [1.82, 2.24) is 0 Å². The predicted octanol–water partition coefficient (Wildman–Crippen LogP) is 4.75. The van der Waals surface area contributed by atoms with Crippen molar-refractivity contribution in [3.63, 3.8) is 0 Å². The summed E-state index contributed by atoms with van der Waals surface area (Å²) >= 11 is 6.04. The quantitative estimate of drug-likeness (QED) is 0.633. The number of aryl methyl sites for hydroxylation is 1. The van der Waals surface area contributed by atoms with Crippen molar-refractivity contribution >= 4 is 11.6 Å². The summed E-state index contributed by atoms with van der Waals surface area (Å²) in [7, 11) is 0. The van der Waals surface area contributed by atoms with Gasteiger partial charge in [-0.1, -0.05) is 50.1 Å². The molecule has 0 aliphatic rings. The first-order valence-corrected chi connectivity index (χ1v) is 6.29. The molecule has 15 heavy (non-hydrogen) atoms. The van der Waals surface area contributed by atoms with E-state index in [4.69, 9.17) is 11.6 Å². The van der Waals surface area contributed by atoms with Crippen molar-refractivity contribution in [2.45, 2.75) is 39.5 Å². The molecule has 0 spiro atoms. The van der Waals surface area contributed by atoms with Crippen LogP contribution in [0.4, 0.5) is 0 Å². The lowest BCUT2D eigenvalue weighted by atomic mass is 9.92. The van der Waals surface area contributed by atoms with Gasteiger partial charge in [-0.15, -0.1) is 11.6 Å². The van der Waals surface area contributed by atoms with Gasteiger partial charge in [0, 0.05) is 5.88 Å². The Morgan fingerprint density at radius 3 is 2.47 bits per heavy atom. The molecule has 1 aromatic rings. The third-order valence-electron chi connectivity index (χ3n) is 2.79. The SMILES string of the molecule is Cc1cccc(C(CCl)CCC(C)C)c1. The number of benzene rings is 1. The fourth-order valence-corrected chi connectivity index (χ4v) is 2.12. The molecule has 0 radical (unpaired) electrons. The second-order valence-electron chi connectivity index (χ2n) is 4.74. The van der Waals surface area contributed by atoms with Gasteiger partial charge in [-0.3, -0.25) is 0 Å². The number of rotatable bonds is 5. The Kier molecular flexibility index (Phi) is 5.17. The zero-order chi connectivity index (χ0) is 11.3. The fourth-order valence-electron chi connectivity index (χ4n) is 1.79. The van der Waals surface area contributed by atoms with Crippen LogP contribution in [0.3, 0.4) is 0 Å². The van der Waals surface area contributed by atoms with Gasteiger partial charge in [-0.05, 0) is 30.7 Å². The van der Waals surface area contributed by atoms with E-state index in [1.54, 1.807) is 0 Å². The highest BCUT2D eigenvalue weighted by molar-refractivity contribution is 6.18. The molecular formula is C14H21Cl. The van der Waals surface area contributed by atoms with Gasteiger partial charge in [-0.25, -0.2) is 0 Å². The molecule has 1 atom stereocenters. The molecule has 0 nitrogen and oxygen atoms in total. The molecule has 0 saturated carbocycles. The van der Waals surface area contributed by atoms with E-state index in [1.165, 1.54) is 24.0 Å². The summed E-state index contributed by atoms with van der Waals surface area (Å²) in [4.78, 5) is 0. The van der Waals surface area contributed by atoms with Gasteiger partial charge in [0.25, 0.3) is 0 Å². The number of hydrogen-bond donors (Lipinski definition) is 0. The van der Waals surface area contributed by atoms with Gasteiger partial charge < -0.3 is 0 Å². The van der Waals surface area contributed by atoms with E-state index in [0.717, 1.165) is 11.8 Å². The Morgan fingerprint density at radius 1 is 1.20 bits per heavy atom. The Bertz CT molecular complexity index is 291. The predicted molar refractivity (Wildman–Crippen MR) is 68.7 cm³/mol. The molecule has 84 valence electrons. The lowest BCUT2D eigenvalue weighted by Crippen LogP contribution is -2.03. The molecule has 0 aromatic heterocycles. The Morgan fingerprint density at radius 2 is 1.93 bits per heavy atom. The zero-order valence-corrected chi connectivity index (χ0v) is 10.7. The van der Waals surface area contributed by atoms with Crippen LogP contribution < -0.4 is 0 Å². The van der Waals surface area contributed by atoms with Crippen molar-refractivity contribution < 1.29 is 0 Å². The van der Waals surface area contributed by atoms with Crippen LogP contribution in [0.5, 0.6) is 0 Å². The molecule has 0 amide bonds. The van der Waals surface area contributed by atoms with Crippen LogP contribution in [0.2, 0.25) is 0 Å². The van der Waals surface area contributed by atoms with Gasteiger partial charge in [0.05, 0.1) is 0 Å². The molecule has 0 aliphatic heterocycles. The van der Waals surface area contributed by atoms with Crippen molar-refractivity contribution in [3.05, 3.63) is 35.4 Å². The minimum atomic E-state index is 0.522. The largest absolute Gasteiger partial charge is 0.126 e. The first-order chi connectivity index (χ1) is 7.13. The molecule has 0 aliphatic carbocycles. The second kappa shape index (κ2) is 6.17. The fraction of sp³-hybridized carbons (Fsp3) is 0.571. The van der Waals surface area contributed by atoms with E-state index in [2.05, 4.69) is 45.0 Å². The molecule has 0 N–H and O–H groups in total. The molecule has 1 heteroatoms. The van der Waals surface area contributed by atoms with Crippen molar-refractivity contribution in [2.24, 2.45) is 5.92 Å². The summed E-state index contributed by atoms with van der Waals surface area (Å²) in [6, 6.07) is 8.71. The van der Waals surface area contributed by atoms with Gasteiger partial charge >= 0.3 is 0 Å². The lowest BCUT2D eigenvalue weighted by Gasteiger charge is -2.16. The first-order valence-electron chi connectivity index (χ1n) is 5.76. The van der Waals surface area contributed by atoms with Gasteiger partial charge in [0.15, 0.2) is 0 Å². The highest BCUT2D eigenvalue weighted by atomic mass is 35.5. The number of halogens is 1. The molecule has 1 rings (SSSR count). The van der Waals surface area contributed by atoms with E-state index in [1.807, 2.05) is 0 Å². The Hall–Kier alpha value is -0.490. The summed E-state index contributed by atoms with van der Waals surface area (Å²) in [5.74, 6) is 2.02. The normalized spacial score (nSPS) is 13.1. The number of hydrogen-bond acceptors (Lipinski definition) is 0. The van der Waals surface area contributed by atoms with E-state index in [9.17, 15) is 0 Å². The average Bonchev–Trinajstić information content (AvgIpc) is 2.18. The third kappa shape index (κ3) is 4.25. The summed E-state index contributed by atoms with van der Waals surface area (Å²) < 4.78 is 0. The van der Waals surface area contributed by atoms with Crippen molar-refractivity contribution in [3.8, 4) is 0 Å². The monoisotopic (exact) mass is 224 g/mol. The zero-order valence-electron chi connectivity index (χ0n) is 9.96. The molecule has 0 heterocycles. The van der Waals surface area contributed by atoms with Crippen LogP contribution in [-0.4, -0.2) is 5.88 Å². The smallest absolute Gasteiger partial charge is 0.0292 e. The summed E-state index contributed by atoms with van der Waals surface area (Å²) in [6.07, 6.45) is 2.45. The minimum Gasteiger partial charge on any atom is -0.126 e. The maximum atomic E-state index is 6.04. The van der Waals surface area contributed by atoms with E-state index >= 15 is 0 Å². The van der Waals surface area contributed by atoms with Crippen molar-refractivity contribution in [1.29, 1.82) is 0 Å².